The SMILES string of the molecule is [C-]#[N+]CCc1cc2c(/C=C/c3ccncc3)cc(-c3cncn3C)nc2cc1C. The molecule has 3 heterocycles. The first-order valence-electron chi connectivity index (χ1n) is 9.48. The second-order valence-corrected chi connectivity index (χ2v) is 7.03. The van der Waals surface area contributed by atoms with Gasteiger partial charge in [0.1, 0.15) is 0 Å². The molecule has 4 aromatic rings. The summed E-state index contributed by atoms with van der Waals surface area (Å²) >= 11 is 0. The van der Waals surface area contributed by atoms with Crippen LogP contribution >= 0.6 is 0 Å². The predicted molar refractivity (Wildman–Crippen MR) is 117 cm³/mol. The molecule has 0 aliphatic rings. The van der Waals surface area contributed by atoms with Gasteiger partial charge in [0.25, 0.3) is 0 Å². The summed E-state index contributed by atoms with van der Waals surface area (Å²) in [4.78, 5) is 16.7. The van der Waals surface area contributed by atoms with Gasteiger partial charge in [-0.15, -0.1) is 0 Å². The molecule has 0 N–H and O–H groups in total. The lowest BCUT2D eigenvalue weighted by Gasteiger charge is -2.11. The van der Waals surface area contributed by atoms with Crippen LogP contribution in [0.5, 0.6) is 0 Å². The fraction of sp³-hybridized carbons (Fsp3) is 0.167. The van der Waals surface area contributed by atoms with Crippen molar-refractivity contribution in [1.29, 1.82) is 0 Å². The number of fused-ring (bicyclic) bond motifs is 1. The van der Waals surface area contributed by atoms with E-state index in [1.54, 1.807) is 18.7 Å². The molecular weight excluding hydrogens is 358 g/mol. The summed E-state index contributed by atoms with van der Waals surface area (Å²) in [5.41, 5.74) is 7.35. The Hall–Kier alpha value is -3.78. The summed E-state index contributed by atoms with van der Waals surface area (Å²) in [7, 11) is 1.97. The van der Waals surface area contributed by atoms with E-state index in [2.05, 4.69) is 52.1 Å². The molecule has 5 heteroatoms. The third-order valence-electron chi connectivity index (χ3n) is 5.03. The summed E-state index contributed by atoms with van der Waals surface area (Å²) in [5.74, 6) is 0. The highest BCUT2D eigenvalue weighted by molar-refractivity contribution is 5.93. The first kappa shape index (κ1) is 18.6. The van der Waals surface area contributed by atoms with Crippen LogP contribution in [0.4, 0.5) is 0 Å². The quantitative estimate of drug-likeness (QED) is 0.460. The summed E-state index contributed by atoms with van der Waals surface area (Å²) in [6, 6.07) is 10.4. The average molecular weight is 379 g/mol. The van der Waals surface area contributed by atoms with E-state index in [0.29, 0.717) is 6.54 Å². The van der Waals surface area contributed by atoms with E-state index < -0.39 is 0 Å². The fourth-order valence-corrected chi connectivity index (χ4v) is 3.43. The van der Waals surface area contributed by atoms with Crippen LogP contribution in [-0.2, 0) is 13.5 Å². The van der Waals surface area contributed by atoms with E-state index in [-0.39, 0.29) is 0 Å². The number of pyridine rings is 2. The Labute approximate surface area is 170 Å². The molecule has 142 valence electrons. The predicted octanol–water partition coefficient (Wildman–Crippen LogP) is 4.97. The number of rotatable bonds is 5. The largest absolute Gasteiger partial charge is 0.332 e. The van der Waals surface area contributed by atoms with Crippen LogP contribution in [-0.4, -0.2) is 26.1 Å². The van der Waals surface area contributed by atoms with Crippen LogP contribution in [0.3, 0.4) is 0 Å². The van der Waals surface area contributed by atoms with E-state index in [1.165, 1.54) is 11.1 Å². The molecule has 4 rings (SSSR count). The maximum Gasteiger partial charge on any atom is 0.218 e. The number of aryl methyl sites for hydroxylation is 2. The average Bonchev–Trinajstić information content (AvgIpc) is 3.17. The Morgan fingerprint density at radius 2 is 1.93 bits per heavy atom. The van der Waals surface area contributed by atoms with E-state index in [4.69, 9.17) is 11.6 Å². The zero-order valence-electron chi connectivity index (χ0n) is 16.5. The van der Waals surface area contributed by atoms with Gasteiger partial charge < -0.3 is 9.41 Å². The van der Waals surface area contributed by atoms with Gasteiger partial charge in [-0.05, 0) is 59.5 Å². The first-order valence-corrected chi connectivity index (χ1v) is 9.48. The molecule has 29 heavy (non-hydrogen) atoms. The van der Waals surface area contributed by atoms with Crippen molar-refractivity contribution in [3.63, 3.8) is 0 Å². The monoisotopic (exact) mass is 379 g/mol. The van der Waals surface area contributed by atoms with Crippen LogP contribution in [0.1, 0.15) is 22.3 Å². The van der Waals surface area contributed by atoms with Gasteiger partial charge in [0, 0.05) is 31.2 Å². The Bertz CT molecular complexity index is 1230. The topological polar surface area (TPSA) is 48.0 Å². The second-order valence-electron chi connectivity index (χ2n) is 7.03. The standard InChI is InChI=1S/C24H21N5/c1-17-12-22-21(13-19(17)8-9-25-2)20(5-4-18-6-10-26-11-7-18)14-23(28-22)24-15-27-16-29(24)3/h4-7,10-16H,8-9H2,1,3H3/b5-4+. The van der Waals surface area contributed by atoms with Gasteiger partial charge >= 0.3 is 0 Å². The van der Waals surface area contributed by atoms with Gasteiger partial charge in [0.05, 0.1) is 29.4 Å². The van der Waals surface area contributed by atoms with Crippen LogP contribution in [0.2, 0.25) is 0 Å². The number of nitrogens with zero attached hydrogens (tertiary/aromatic N) is 5. The number of aromatic nitrogens is 4. The van der Waals surface area contributed by atoms with Crippen molar-refractivity contribution in [2.45, 2.75) is 13.3 Å². The van der Waals surface area contributed by atoms with Crippen molar-refractivity contribution in [3.8, 4) is 11.4 Å². The van der Waals surface area contributed by atoms with Crippen molar-refractivity contribution in [3.05, 3.63) is 88.9 Å². The molecule has 0 fully saturated rings. The lowest BCUT2D eigenvalue weighted by atomic mass is 9.98. The fourth-order valence-electron chi connectivity index (χ4n) is 3.43. The first-order chi connectivity index (χ1) is 14.2. The lowest BCUT2D eigenvalue weighted by Crippen LogP contribution is -1.97. The van der Waals surface area contributed by atoms with E-state index >= 15 is 0 Å². The maximum absolute atomic E-state index is 7.11. The number of imidazole rings is 1. The molecule has 3 aromatic heterocycles. The number of hydrogen-bond acceptors (Lipinski definition) is 3. The summed E-state index contributed by atoms with van der Waals surface area (Å²) in [6.45, 7) is 9.69. The molecule has 0 saturated heterocycles. The third kappa shape index (κ3) is 3.92. The molecule has 1 aromatic carbocycles. The Morgan fingerprint density at radius 3 is 2.66 bits per heavy atom. The van der Waals surface area contributed by atoms with Crippen LogP contribution in [0.25, 0.3) is 39.3 Å². The molecule has 0 radical (unpaired) electrons. The van der Waals surface area contributed by atoms with Gasteiger partial charge in [-0.1, -0.05) is 12.2 Å². The van der Waals surface area contributed by atoms with E-state index in [0.717, 1.165) is 39.8 Å². The summed E-state index contributed by atoms with van der Waals surface area (Å²) in [6.07, 6.45) is 12.2. The summed E-state index contributed by atoms with van der Waals surface area (Å²) in [5, 5.41) is 1.09. The molecule has 0 saturated carbocycles. The molecule has 5 nitrogen and oxygen atoms in total. The molecule has 0 bridgehead atoms. The van der Waals surface area contributed by atoms with Crippen LogP contribution in [0.15, 0.2) is 55.2 Å². The molecule has 0 amide bonds. The normalized spacial score (nSPS) is 11.2. The minimum atomic E-state index is 0.495. The Kier molecular flexibility index (Phi) is 5.17. The molecule has 0 spiro atoms. The molecule has 0 aliphatic carbocycles. The summed E-state index contributed by atoms with van der Waals surface area (Å²) < 4.78 is 1.97. The zero-order chi connectivity index (χ0) is 20.2. The lowest BCUT2D eigenvalue weighted by molar-refractivity contribution is 0.917. The smallest absolute Gasteiger partial charge is 0.218 e. The van der Waals surface area contributed by atoms with Crippen molar-refractivity contribution >= 4 is 23.1 Å². The number of hydrogen-bond donors (Lipinski definition) is 0. The number of benzene rings is 1. The van der Waals surface area contributed by atoms with E-state index in [1.807, 2.05) is 29.9 Å². The van der Waals surface area contributed by atoms with Crippen LogP contribution < -0.4 is 0 Å². The molecule has 0 atom stereocenters. The minimum absolute atomic E-state index is 0.495. The highest BCUT2D eigenvalue weighted by Gasteiger charge is 2.11. The highest BCUT2D eigenvalue weighted by atomic mass is 15.0. The van der Waals surface area contributed by atoms with Crippen LogP contribution in [0, 0.1) is 13.5 Å². The third-order valence-corrected chi connectivity index (χ3v) is 5.03. The van der Waals surface area contributed by atoms with Crippen molar-refractivity contribution < 1.29 is 0 Å². The van der Waals surface area contributed by atoms with Gasteiger partial charge in [0.15, 0.2) is 0 Å². The van der Waals surface area contributed by atoms with Gasteiger partial charge in [-0.25, -0.2) is 16.5 Å². The van der Waals surface area contributed by atoms with Gasteiger partial charge in [0.2, 0.25) is 6.54 Å². The van der Waals surface area contributed by atoms with Gasteiger partial charge in [-0.3, -0.25) is 4.98 Å². The van der Waals surface area contributed by atoms with Crippen molar-refractivity contribution in [2.24, 2.45) is 7.05 Å². The molecular formula is C24H21N5. The van der Waals surface area contributed by atoms with Crippen molar-refractivity contribution in [1.82, 2.24) is 19.5 Å². The highest BCUT2D eigenvalue weighted by Crippen LogP contribution is 2.28. The van der Waals surface area contributed by atoms with Crippen molar-refractivity contribution in [2.75, 3.05) is 6.54 Å². The second kappa shape index (κ2) is 8.07. The molecule has 0 aliphatic heterocycles. The molecule has 0 unspecified atom stereocenters. The minimum Gasteiger partial charge on any atom is -0.332 e. The Morgan fingerprint density at radius 1 is 1.10 bits per heavy atom. The van der Waals surface area contributed by atoms with E-state index in [9.17, 15) is 0 Å². The maximum atomic E-state index is 7.11. The van der Waals surface area contributed by atoms with Gasteiger partial charge in [-0.2, -0.15) is 0 Å². The Balaban J connectivity index is 1.89. The zero-order valence-corrected chi connectivity index (χ0v) is 16.5.